The predicted octanol–water partition coefficient (Wildman–Crippen LogP) is 3.72. The number of allylic oxidation sites excluding steroid dienone is 1. The standard InChI is InChI=1S/C16H19FN2O2S/c1-3-4-9-22-16-18-10(2)13(15(20)21)14(19-16)11-7-5-6-8-12(11)17/h5-8,14H,3-4,9H2,1-2H3,(H,18,19)(H,20,21). The minimum atomic E-state index is -1.08. The van der Waals surface area contributed by atoms with Gasteiger partial charge in [-0.05, 0) is 19.4 Å². The molecular formula is C16H19FN2O2S. The number of carbonyl (C=O) groups is 1. The van der Waals surface area contributed by atoms with Gasteiger partial charge in [0.2, 0.25) is 0 Å². The highest BCUT2D eigenvalue weighted by Gasteiger charge is 2.30. The molecule has 0 aromatic heterocycles. The summed E-state index contributed by atoms with van der Waals surface area (Å²) in [6.45, 7) is 3.79. The van der Waals surface area contributed by atoms with E-state index in [1.54, 1.807) is 25.1 Å². The molecule has 6 heteroatoms. The van der Waals surface area contributed by atoms with Crippen LogP contribution in [0.4, 0.5) is 4.39 Å². The van der Waals surface area contributed by atoms with Crippen LogP contribution in [0.1, 0.15) is 38.3 Å². The lowest BCUT2D eigenvalue weighted by Gasteiger charge is -2.24. The molecule has 0 fully saturated rings. The highest BCUT2D eigenvalue weighted by molar-refractivity contribution is 8.13. The number of carboxylic acids is 1. The number of carboxylic acid groups (broad SMARTS) is 1. The minimum Gasteiger partial charge on any atom is -0.478 e. The first-order valence-electron chi connectivity index (χ1n) is 7.20. The van der Waals surface area contributed by atoms with Gasteiger partial charge in [0.15, 0.2) is 5.17 Å². The number of unbranched alkanes of at least 4 members (excludes halogenated alkanes) is 1. The molecule has 4 nitrogen and oxygen atoms in total. The fourth-order valence-corrected chi connectivity index (χ4v) is 3.26. The lowest BCUT2D eigenvalue weighted by molar-refractivity contribution is -0.133. The van der Waals surface area contributed by atoms with E-state index in [2.05, 4.69) is 17.2 Å². The number of thioether (sulfide) groups is 1. The third kappa shape index (κ3) is 3.68. The van der Waals surface area contributed by atoms with Gasteiger partial charge in [0, 0.05) is 17.0 Å². The molecule has 0 amide bonds. The number of benzene rings is 1. The number of halogens is 1. The van der Waals surface area contributed by atoms with E-state index in [1.165, 1.54) is 17.8 Å². The highest BCUT2D eigenvalue weighted by Crippen LogP contribution is 2.33. The molecule has 2 N–H and O–H groups in total. The number of nitrogens with zero attached hydrogens (tertiary/aromatic N) is 1. The van der Waals surface area contributed by atoms with Gasteiger partial charge < -0.3 is 10.4 Å². The Morgan fingerprint density at radius 1 is 1.45 bits per heavy atom. The zero-order chi connectivity index (χ0) is 16.1. The molecule has 0 saturated heterocycles. The first kappa shape index (κ1) is 16.5. The maximum atomic E-state index is 14.1. The van der Waals surface area contributed by atoms with Gasteiger partial charge in [0.25, 0.3) is 0 Å². The van der Waals surface area contributed by atoms with Gasteiger partial charge >= 0.3 is 5.97 Å². The maximum Gasteiger partial charge on any atom is 0.335 e. The first-order valence-corrected chi connectivity index (χ1v) is 8.19. The third-order valence-electron chi connectivity index (χ3n) is 3.39. The monoisotopic (exact) mass is 322 g/mol. The maximum absolute atomic E-state index is 14.1. The molecule has 1 heterocycles. The molecule has 1 unspecified atom stereocenters. The van der Waals surface area contributed by atoms with Crippen molar-refractivity contribution in [2.75, 3.05) is 5.75 Å². The van der Waals surface area contributed by atoms with E-state index >= 15 is 0 Å². The van der Waals surface area contributed by atoms with Crippen LogP contribution in [0.15, 0.2) is 40.5 Å². The SMILES string of the molecule is CCCCSC1=NC(c2ccccc2F)C(C(=O)O)=C(C)N1. The topological polar surface area (TPSA) is 61.7 Å². The Labute approximate surface area is 133 Å². The first-order chi connectivity index (χ1) is 10.5. The Morgan fingerprint density at radius 2 is 2.18 bits per heavy atom. The predicted molar refractivity (Wildman–Crippen MR) is 87.4 cm³/mol. The van der Waals surface area contributed by atoms with E-state index in [4.69, 9.17) is 0 Å². The van der Waals surface area contributed by atoms with Gasteiger partial charge in [-0.2, -0.15) is 0 Å². The van der Waals surface area contributed by atoms with E-state index in [1.807, 2.05) is 0 Å². The molecule has 0 spiro atoms. The molecule has 1 aromatic carbocycles. The minimum absolute atomic E-state index is 0.0879. The molecule has 0 aliphatic carbocycles. The van der Waals surface area contributed by atoms with Crippen LogP contribution in [0.25, 0.3) is 0 Å². The summed E-state index contributed by atoms with van der Waals surface area (Å²) in [5, 5.41) is 13.1. The summed E-state index contributed by atoms with van der Waals surface area (Å²) >= 11 is 1.53. The number of rotatable bonds is 5. The molecule has 22 heavy (non-hydrogen) atoms. The van der Waals surface area contributed by atoms with Gasteiger partial charge in [0.1, 0.15) is 11.9 Å². The van der Waals surface area contributed by atoms with Crippen LogP contribution in [-0.2, 0) is 4.79 Å². The largest absolute Gasteiger partial charge is 0.478 e. The second-order valence-corrected chi connectivity index (χ2v) is 6.11. The third-order valence-corrected chi connectivity index (χ3v) is 4.36. The van der Waals surface area contributed by atoms with Gasteiger partial charge in [-0.15, -0.1) is 0 Å². The van der Waals surface area contributed by atoms with Crippen molar-refractivity contribution in [2.45, 2.75) is 32.7 Å². The molecule has 1 aliphatic heterocycles. The van der Waals surface area contributed by atoms with Crippen LogP contribution in [0.3, 0.4) is 0 Å². The summed E-state index contributed by atoms with van der Waals surface area (Å²) in [7, 11) is 0. The molecule has 0 saturated carbocycles. The summed E-state index contributed by atoms with van der Waals surface area (Å²) in [4.78, 5) is 16.0. The van der Waals surface area contributed by atoms with E-state index in [0.29, 0.717) is 10.9 Å². The van der Waals surface area contributed by atoms with Crippen LogP contribution < -0.4 is 5.32 Å². The summed E-state index contributed by atoms with van der Waals surface area (Å²) < 4.78 is 14.1. The fourth-order valence-electron chi connectivity index (χ4n) is 2.23. The number of amidine groups is 1. The van der Waals surface area contributed by atoms with Crippen LogP contribution >= 0.6 is 11.8 Å². The smallest absolute Gasteiger partial charge is 0.335 e. The van der Waals surface area contributed by atoms with Crippen molar-refractivity contribution in [3.05, 3.63) is 46.9 Å². The van der Waals surface area contributed by atoms with Crippen LogP contribution in [0, 0.1) is 5.82 Å². The molecule has 1 atom stereocenters. The van der Waals surface area contributed by atoms with E-state index < -0.39 is 17.8 Å². The lowest BCUT2D eigenvalue weighted by Crippen LogP contribution is -2.30. The number of hydrogen-bond donors (Lipinski definition) is 2. The second-order valence-electron chi connectivity index (χ2n) is 5.03. The van der Waals surface area contributed by atoms with Crippen molar-refractivity contribution in [3.8, 4) is 0 Å². The van der Waals surface area contributed by atoms with E-state index in [9.17, 15) is 14.3 Å². The molecular weight excluding hydrogens is 303 g/mol. The number of hydrogen-bond acceptors (Lipinski definition) is 4. The lowest BCUT2D eigenvalue weighted by atomic mass is 9.96. The summed E-state index contributed by atoms with van der Waals surface area (Å²) in [6, 6.07) is 5.36. The Hall–Kier alpha value is -1.82. The summed E-state index contributed by atoms with van der Waals surface area (Å²) in [5.41, 5.74) is 0.883. The molecule has 1 aliphatic rings. The Morgan fingerprint density at radius 3 is 2.82 bits per heavy atom. The van der Waals surface area contributed by atoms with E-state index in [0.717, 1.165) is 18.6 Å². The molecule has 0 radical (unpaired) electrons. The molecule has 1 aromatic rings. The second kappa shape index (κ2) is 7.45. The fraction of sp³-hybridized carbons (Fsp3) is 0.375. The number of aliphatic carboxylic acids is 1. The summed E-state index contributed by atoms with van der Waals surface area (Å²) in [5.74, 6) is -0.635. The highest BCUT2D eigenvalue weighted by atomic mass is 32.2. The van der Waals surface area contributed by atoms with Crippen molar-refractivity contribution in [2.24, 2.45) is 4.99 Å². The number of aliphatic imine (C=N–C) groups is 1. The van der Waals surface area contributed by atoms with Crippen molar-refractivity contribution < 1.29 is 14.3 Å². The van der Waals surface area contributed by atoms with Crippen molar-refractivity contribution in [1.29, 1.82) is 0 Å². The van der Waals surface area contributed by atoms with Crippen LogP contribution in [0.5, 0.6) is 0 Å². The van der Waals surface area contributed by atoms with Crippen molar-refractivity contribution >= 4 is 22.9 Å². The van der Waals surface area contributed by atoms with Gasteiger partial charge in [-0.25, -0.2) is 14.2 Å². The van der Waals surface area contributed by atoms with Gasteiger partial charge in [0.05, 0.1) is 5.57 Å². The van der Waals surface area contributed by atoms with E-state index in [-0.39, 0.29) is 11.1 Å². The van der Waals surface area contributed by atoms with Gasteiger partial charge in [-0.1, -0.05) is 43.3 Å². The van der Waals surface area contributed by atoms with Crippen LogP contribution in [-0.4, -0.2) is 22.0 Å². The zero-order valence-corrected chi connectivity index (χ0v) is 13.4. The van der Waals surface area contributed by atoms with Crippen molar-refractivity contribution in [1.82, 2.24) is 5.32 Å². The quantitative estimate of drug-likeness (QED) is 0.811. The normalized spacial score (nSPS) is 18.0. The Bertz CT molecular complexity index is 628. The summed E-state index contributed by atoms with van der Waals surface area (Å²) in [6.07, 6.45) is 2.12. The van der Waals surface area contributed by atoms with Crippen molar-refractivity contribution in [3.63, 3.8) is 0 Å². The molecule has 0 bridgehead atoms. The average Bonchev–Trinajstić information content (AvgIpc) is 2.47. The zero-order valence-electron chi connectivity index (χ0n) is 12.6. The molecule has 2 rings (SSSR count). The van der Waals surface area contributed by atoms with Gasteiger partial charge in [-0.3, -0.25) is 0 Å². The Balaban J connectivity index is 2.36. The Kier molecular flexibility index (Phi) is 5.60. The average molecular weight is 322 g/mol. The van der Waals surface area contributed by atoms with Crippen LogP contribution in [0.2, 0.25) is 0 Å². The number of nitrogens with one attached hydrogen (secondary N) is 1. The molecule has 118 valence electrons.